The van der Waals surface area contributed by atoms with E-state index in [0.717, 1.165) is 42.4 Å². The van der Waals surface area contributed by atoms with Crippen LogP contribution in [0.1, 0.15) is 18.9 Å². The van der Waals surface area contributed by atoms with Crippen molar-refractivity contribution in [2.45, 2.75) is 25.9 Å². The van der Waals surface area contributed by atoms with Crippen molar-refractivity contribution in [1.29, 1.82) is 0 Å². The molecule has 2 N–H and O–H groups in total. The van der Waals surface area contributed by atoms with Crippen molar-refractivity contribution in [2.24, 2.45) is 11.7 Å². The molecule has 100 valence electrons. The zero-order valence-electron chi connectivity index (χ0n) is 11.0. The Morgan fingerprint density at radius 3 is 2.94 bits per heavy atom. The van der Waals surface area contributed by atoms with E-state index in [2.05, 4.69) is 11.8 Å². The SMILES string of the molecule is COc1ccc(Cl)cc1CN1CCC(N)C(C)C1. The molecule has 1 aromatic carbocycles. The number of hydrogen-bond donors (Lipinski definition) is 1. The minimum atomic E-state index is 0.336. The van der Waals surface area contributed by atoms with Gasteiger partial charge in [0, 0.05) is 29.7 Å². The number of likely N-dealkylation sites (tertiary alicyclic amines) is 1. The highest BCUT2D eigenvalue weighted by molar-refractivity contribution is 6.30. The molecule has 3 nitrogen and oxygen atoms in total. The van der Waals surface area contributed by atoms with Crippen LogP contribution in [0.3, 0.4) is 0 Å². The molecule has 0 spiro atoms. The summed E-state index contributed by atoms with van der Waals surface area (Å²) in [6.45, 7) is 5.17. The first-order valence-corrected chi connectivity index (χ1v) is 6.78. The average molecular weight is 269 g/mol. The van der Waals surface area contributed by atoms with Crippen molar-refractivity contribution in [3.63, 3.8) is 0 Å². The predicted molar refractivity (Wildman–Crippen MR) is 75.0 cm³/mol. The van der Waals surface area contributed by atoms with Crippen LogP contribution in [0.15, 0.2) is 18.2 Å². The molecule has 0 radical (unpaired) electrons. The third-order valence-corrected chi connectivity index (χ3v) is 3.93. The lowest BCUT2D eigenvalue weighted by Crippen LogP contribution is -2.45. The van der Waals surface area contributed by atoms with Crippen LogP contribution in [0.5, 0.6) is 5.75 Å². The molecule has 1 heterocycles. The van der Waals surface area contributed by atoms with E-state index in [1.807, 2.05) is 18.2 Å². The second-order valence-corrected chi connectivity index (χ2v) is 5.56. The summed E-state index contributed by atoms with van der Waals surface area (Å²) in [6.07, 6.45) is 1.06. The Morgan fingerprint density at radius 1 is 1.50 bits per heavy atom. The van der Waals surface area contributed by atoms with Crippen LogP contribution >= 0.6 is 11.6 Å². The van der Waals surface area contributed by atoms with Crippen molar-refractivity contribution in [3.05, 3.63) is 28.8 Å². The largest absolute Gasteiger partial charge is 0.496 e. The summed E-state index contributed by atoms with van der Waals surface area (Å²) in [4.78, 5) is 2.42. The maximum Gasteiger partial charge on any atom is 0.123 e. The molecule has 1 saturated heterocycles. The fourth-order valence-electron chi connectivity index (χ4n) is 2.51. The number of methoxy groups -OCH3 is 1. The van der Waals surface area contributed by atoms with Gasteiger partial charge in [0.05, 0.1) is 7.11 Å². The van der Waals surface area contributed by atoms with Gasteiger partial charge in [0.25, 0.3) is 0 Å². The molecule has 18 heavy (non-hydrogen) atoms. The Morgan fingerprint density at radius 2 is 2.28 bits per heavy atom. The molecule has 2 unspecified atom stereocenters. The Bertz CT molecular complexity index is 411. The topological polar surface area (TPSA) is 38.5 Å². The molecule has 0 bridgehead atoms. The second kappa shape index (κ2) is 5.91. The van der Waals surface area contributed by atoms with Crippen LogP contribution in [0.25, 0.3) is 0 Å². The predicted octanol–water partition coefficient (Wildman–Crippen LogP) is 2.52. The number of piperidine rings is 1. The van der Waals surface area contributed by atoms with Crippen LogP contribution < -0.4 is 10.5 Å². The molecule has 0 aromatic heterocycles. The number of nitrogens with zero attached hydrogens (tertiary/aromatic N) is 1. The molecule has 0 amide bonds. The monoisotopic (exact) mass is 268 g/mol. The summed E-state index contributed by atoms with van der Waals surface area (Å²) in [5, 5.41) is 0.757. The number of nitrogens with two attached hydrogens (primary N) is 1. The van der Waals surface area contributed by atoms with E-state index in [9.17, 15) is 0 Å². The molecule has 1 fully saturated rings. The first-order chi connectivity index (χ1) is 8.60. The molecule has 1 aliphatic heterocycles. The normalized spacial score (nSPS) is 25.1. The van der Waals surface area contributed by atoms with Crippen LogP contribution in [-0.4, -0.2) is 31.1 Å². The van der Waals surface area contributed by atoms with E-state index in [4.69, 9.17) is 22.1 Å². The van der Waals surface area contributed by atoms with Gasteiger partial charge < -0.3 is 10.5 Å². The standard InChI is InChI=1S/C14H21ClN2O/c1-10-8-17(6-5-13(10)16)9-11-7-12(15)3-4-14(11)18-2/h3-4,7,10,13H,5-6,8-9,16H2,1-2H3. The van der Waals surface area contributed by atoms with Crippen molar-refractivity contribution in [2.75, 3.05) is 20.2 Å². The van der Waals surface area contributed by atoms with Gasteiger partial charge in [-0.15, -0.1) is 0 Å². The molecule has 1 aliphatic rings. The molecule has 0 saturated carbocycles. The number of benzene rings is 1. The summed E-state index contributed by atoms with van der Waals surface area (Å²) < 4.78 is 5.38. The lowest BCUT2D eigenvalue weighted by molar-refractivity contribution is 0.156. The molecule has 4 heteroatoms. The van der Waals surface area contributed by atoms with Gasteiger partial charge >= 0.3 is 0 Å². The number of ether oxygens (including phenoxy) is 1. The maximum atomic E-state index is 6.05. The Labute approximate surface area is 114 Å². The highest BCUT2D eigenvalue weighted by Gasteiger charge is 2.23. The summed E-state index contributed by atoms with van der Waals surface area (Å²) in [7, 11) is 1.70. The quantitative estimate of drug-likeness (QED) is 0.916. The highest BCUT2D eigenvalue weighted by atomic mass is 35.5. The fourth-order valence-corrected chi connectivity index (χ4v) is 2.70. The van der Waals surface area contributed by atoms with Gasteiger partial charge in [-0.3, -0.25) is 4.90 Å². The van der Waals surface area contributed by atoms with Gasteiger partial charge in [-0.1, -0.05) is 18.5 Å². The van der Waals surface area contributed by atoms with E-state index in [0.29, 0.717) is 12.0 Å². The van der Waals surface area contributed by atoms with Gasteiger partial charge in [0.15, 0.2) is 0 Å². The number of hydrogen-bond acceptors (Lipinski definition) is 3. The van der Waals surface area contributed by atoms with Gasteiger partial charge in [0.2, 0.25) is 0 Å². The molecular weight excluding hydrogens is 248 g/mol. The maximum absolute atomic E-state index is 6.05. The lowest BCUT2D eigenvalue weighted by atomic mass is 9.94. The zero-order valence-corrected chi connectivity index (χ0v) is 11.8. The summed E-state index contributed by atoms with van der Waals surface area (Å²) in [5.74, 6) is 1.45. The number of rotatable bonds is 3. The van der Waals surface area contributed by atoms with Crippen LogP contribution in [-0.2, 0) is 6.54 Å². The van der Waals surface area contributed by atoms with Crippen molar-refractivity contribution >= 4 is 11.6 Å². The smallest absolute Gasteiger partial charge is 0.123 e. The van der Waals surface area contributed by atoms with Gasteiger partial charge in [-0.05, 0) is 37.1 Å². The van der Waals surface area contributed by atoms with Gasteiger partial charge in [-0.2, -0.15) is 0 Å². The van der Waals surface area contributed by atoms with Crippen molar-refractivity contribution in [3.8, 4) is 5.75 Å². The molecular formula is C14H21ClN2O. The Balaban J connectivity index is 2.07. The highest BCUT2D eigenvalue weighted by Crippen LogP contribution is 2.25. The minimum absolute atomic E-state index is 0.336. The van der Waals surface area contributed by atoms with Crippen molar-refractivity contribution < 1.29 is 4.74 Å². The molecule has 0 aliphatic carbocycles. The van der Waals surface area contributed by atoms with E-state index in [1.54, 1.807) is 7.11 Å². The first-order valence-electron chi connectivity index (χ1n) is 6.40. The summed E-state index contributed by atoms with van der Waals surface area (Å²) in [5.41, 5.74) is 7.19. The Hall–Kier alpha value is -0.770. The van der Waals surface area contributed by atoms with E-state index >= 15 is 0 Å². The zero-order chi connectivity index (χ0) is 13.1. The molecule has 2 rings (SSSR count). The van der Waals surface area contributed by atoms with E-state index < -0.39 is 0 Å². The van der Waals surface area contributed by atoms with E-state index in [1.165, 1.54) is 0 Å². The van der Waals surface area contributed by atoms with Crippen LogP contribution in [0.4, 0.5) is 0 Å². The minimum Gasteiger partial charge on any atom is -0.496 e. The van der Waals surface area contributed by atoms with Crippen LogP contribution in [0.2, 0.25) is 5.02 Å². The summed E-state index contributed by atoms with van der Waals surface area (Å²) >= 11 is 6.05. The average Bonchev–Trinajstić information content (AvgIpc) is 2.34. The second-order valence-electron chi connectivity index (χ2n) is 5.12. The van der Waals surface area contributed by atoms with Crippen molar-refractivity contribution in [1.82, 2.24) is 4.90 Å². The number of halogens is 1. The van der Waals surface area contributed by atoms with Gasteiger partial charge in [-0.25, -0.2) is 0 Å². The van der Waals surface area contributed by atoms with Gasteiger partial charge in [0.1, 0.15) is 5.75 Å². The Kier molecular flexibility index (Phi) is 4.49. The fraction of sp³-hybridized carbons (Fsp3) is 0.571. The lowest BCUT2D eigenvalue weighted by Gasteiger charge is -2.35. The molecule has 1 aromatic rings. The van der Waals surface area contributed by atoms with Crippen LogP contribution in [0, 0.1) is 5.92 Å². The summed E-state index contributed by atoms with van der Waals surface area (Å²) in [6, 6.07) is 6.11. The van der Waals surface area contributed by atoms with E-state index in [-0.39, 0.29) is 0 Å². The third kappa shape index (κ3) is 3.16. The molecule has 2 atom stereocenters. The third-order valence-electron chi connectivity index (χ3n) is 3.69. The first kappa shape index (κ1) is 13.7.